The second kappa shape index (κ2) is 8.23. The molecule has 0 spiro atoms. The number of benzene rings is 3. The van der Waals surface area contributed by atoms with E-state index < -0.39 is 14.4 Å². The van der Waals surface area contributed by atoms with Gasteiger partial charge in [-0.3, -0.25) is 0 Å². The summed E-state index contributed by atoms with van der Waals surface area (Å²) in [4.78, 5) is 0. The highest BCUT2D eigenvalue weighted by atomic mass is 28.4. The van der Waals surface area contributed by atoms with Gasteiger partial charge in [0.25, 0.3) is 8.32 Å². The highest BCUT2D eigenvalue weighted by molar-refractivity contribution is 7.07. The predicted octanol–water partition coefficient (Wildman–Crippen LogP) is 1.02. The van der Waals surface area contributed by atoms with Crippen molar-refractivity contribution in [3.05, 3.63) is 91.0 Å². The maximum atomic E-state index is 9.91. The zero-order chi connectivity index (χ0) is 17.5. The fraction of sp³-hybridized carbons (Fsp3) is 0.143. The van der Waals surface area contributed by atoms with E-state index in [2.05, 4.69) is 36.4 Å². The molecule has 0 aliphatic rings. The Morgan fingerprint density at radius 1 is 0.680 bits per heavy atom. The topological polar surface area (TPSA) is 49.7 Å². The smallest absolute Gasteiger partial charge is 0.288 e. The molecule has 0 saturated heterocycles. The average Bonchev–Trinajstić information content (AvgIpc) is 2.71. The summed E-state index contributed by atoms with van der Waals surface area (Å²) in [6, 6.07) is 30.5. The van der Waals surface area contributed by atoms with Crippen molar-refractivity contribution in [2.75, 3.05) is 13.2 Å². The van der Waals surface area contributed by atoms with Gasteiger partial charge >= 0.3 is 0 Å². The minimum absolute atomic E-state index is 0.0847. The first-order valence-electron chi connectivity index (χ1n) is 8.37. The Balaban J connectivity index is 2.20. The van der Waals surface area contributed by atoms with Crippen LogP contribution in [0.25, 0.3) is 0 Å². The maximum absolute atomic E-state index is 9.91. The highest BCUT2D eigenvalue weighted by Crippen LogP contribution is 2.10. The maximum Gasteiger partial charge on any atom is 0.288 e. The Kier molecular flexibility index (Phi) is 5.78. The lowest BCUT2D eigenvalue weighted by atomic mass is 10.3. The first-order chi connectivity index (χ1) is 12.3. The van der Waals surface area contributed by atoms with Gasteiger partial charge in [-0.2, -0.15) is 0 Å². The fourth-order valence-corrected chi connectivity index (χ4v) is 6.97. The summed E-state index contributed by atoms with van der Waals surface area (Å²) >= 11 is 0. The molecule has 0 aliphatic heterocycles. The molecule has 3 nitrogen and oxygen atoms in total. The molecule has 4 heteroatoms. The summed E-state index contributed by atoms with van der Waals surface area (Å²) in [5.74, 6) is 0. The van der Waals surface area contributed by atoms with Gasteiger partial charge in [-0.05, 0) is 15.6 Å². The number of aliphatic hydroxyl groups is 2. The molecular weight excluding hydrogens is 328 g/mol. The Hall–Kier alpha value is -2.24. The minimum atomic E-state index is -2.77. The van der Waals surface area contributed by atoms with Crippen molar-refractivity contribution in [1.29, 1.82) is 0 Å². The standard InChI is InChI=1S/C21H22O3Si/c22-16-18(23)17-24-25(19-10-4-1-5-11-19,20-12-6-2-7-13-20)21-14-8-3-9-15-21/h1-15,18,22-23H,16-17H2. The Morgan fingerprint density at radius 2 is 1.04 bits per heavy atom. The van der Waals surface area contributed by atoms with E-state index in [9.17, 15) is 10.2 Å². The molecule has 2 N–H and O–H groups in total. The van der Waals surface area contributed by atoms with E-state index in [1.807, 2.05) is 54.6 Å². The number of aliphatic hydroxyl groups excluding tert-OH is 2. The largest absolute Gasteiger partial charge is 0.401 e. The van der Waals surface area contributed by atoms with Gasteiger partial charge in [0.1, 0.15) is 0 Å². The van der Waals surface area contributed by atoms with E-state index >= 15 is 0 Å². The van der Waals surface area contributed by atoms with E-state index in [1.165, 1.54) is 0 Å². The Morgan fingerprint density at radius 3 is 1.36 bits per heavy atom. The third-order valence-electron chi connectivity index (χ3n) is 4.24. The van der Waals surface area contributed by atoms with Crippen molar-refractivity contribution < 1.29 is 14.6 Å². The second-order valence-corrected chi connectivity index (χ2v) is 9.31. The van der Waals surface area contributed by atoms with Crippen LogP contribution in [0.2, 0.25) is 0 Å². The Bertz CT molecular complexity index is 666. The quantitative estimate of drug-likeness (QED) is 0.494. The molecule has 128 valence electrons. The normalized spacial score (nSPS) is 12.7. The van der Waals surface area contributed by atoms with Gasteiger partial charge in [-0.1, -0.05) is 91.0 Å². The van der Waals surface area contributed by atoms with Crippen molar-refractivity contribution in [3.63, 3.8) is 0 Å². The van der Waals surface area contributed by atoms with Crippen LogP contribution in [0.15, 0.2) is 91.0 Å². The van der Waals surface area contributed by atoms with Crippen LogP contribution < -0.4 is 15.6 Å². The summed E-state index contributed by atoms with van der Waals surface area (Å²) in [5.41, 5.74) is 0. The van der Waals surface area contributed by atoms with Crippen LogP contribution in [-0.4, -0.2) is 37.8 Å². The third kappa shape index (κ3) is 3.72. The van der Waals surface area contributed by atoms with E-state index in [0.717, 1.165) is 15.6 Å². The number of rotatable bonds is 7. The zero-order valence-corrected chi connectivity index (χ0v) is 15.0. The Labute approximate surface area is 149 Å². The number of hydrogen-bond acceptors (Lipinski definition) is 3. The van der Waals surface area contributed by atoms with Crippen molar-refractivity contribution in [2.45, 2.75) is 6.10 Å². The third-order valence-corrected chi connectivity index (χ3v) is 8.28. The van der Waals surface area contributed by atoms with E-state index in [-0.39, 0.29) is 13.2 Å². The van der Waals surface area contributed by atoms with E-state index in [0.29, 0.717) is 0 Å². The molecule has 0 heterocycles. The molecule has 1 atom stereocenters. The molecule has 3 rings (SSSR count). The average molecular weight is 350 g/mol. The van der Waals surface area contributed by atoms with Gasteiger partial charge in [0.05, 0.1) is 19.3 Å². The zero-order valence-electron chi connectivity index (χ0n) is 14.0. The van der Waals surface area contributed by atoms with Crippen LogP contribution in [0, 0.1) is 0 Å². The van der Waals surface area contributed by atoms with Gasteiger partial charge in [-0.25, -0.2) is 0 Å². The van der Waals surface area contributed by atoms with Crippen molar-refractivity contribution >= 4 is 23.9 Å². The van der Waals surface area contributed by atoms with Gasteiger partial charge in [0, 0.05) is 0 Å². The van der Waals surface area contributed by atoms with Crippen LogP contribution in [-0.2, 0) is 4.43 Å². The molecule has 0 bridgehead atoms. The van der Waals surface area contributed by atoms with Gasteiger partial charge in [0.15, 0.2) is 0 Å². The second-order valence-electron chi connectivity index (χ2n) is 5.93. The molecule has 0 saturated carbocycles. The SMILES string of the molecule is OCC(O)CO[Si](c1ccccc1)(c1ccccc1)c1ccccc1. The summed E-state index contributed by atoms with van der Waals surface area (Å²) in [6.45, 7) is -0.232. The van der Waals surface area contributed by atoms with Crippen LogP contribution in [0.5, 0.6) is 0 Å². The van der Waals surface area contributed by atoms with Crippen molar-refractivity contribution in [3.8, 4) is 0 Å². The molecule has 25 heavy (non-hydrogen) atoms. The van der Waals surface area contributed by atoms with Gasteiger partial charge < -0.3 is 14.6 Å². The number of hydrogen-bond donors (Lipinski definition) is 2. The van der Waals surface area contributed by atoms with Crippen LogP contribution >= 0.6 is 0 Å². The molecule has 0 radical (unpaired) electrons. The predicted molar refractivity (Wildman–Crippen MR) is 103 cm³/mol. The van der Waals surface area contributed by atoms with Gasteiger partial charge in [-0.15, -0.1) is 0 Å². The summed E-state index contributed by atoms with van der Waals surface area (Å²) in [5, 5.41) is 22.5. The lowest BCUT2D eigenvalue weighted by Gasteiger charge is -2.33. The van der Waals surface area contributed by atoms with E-state index in [4.69, 9.17) is 4.43 Å². The molecule has 1 unspecified atom stereocenters. The molecule has 0 aliphatic carbocycles. The van der Waals surface area contributed by atoms with Crippen molar-refractivity contribution in [2.24, 2.45) is 0 Å². The first kappa shape index (κ1) is 17.6. The summed E-state index contributed by atoms with van der Waals surface area (Å²) < 4.78 is 6.47. The van der Waals surface area contributed by atoms with Crippen LogP contribution in [0.3, 0.4) is 0 Å². The lowest BCUT2D eigenvalue weighted by molar-refractivity contribution is 0.0529. The first-order valence-corrected chi connectivity index (χ1v) is 10.3. The van der Waals surface area contributed by atoms with Crippen LogP contribution in [0.1, 0.15) is 0 Å². The summed E-state index contributed by atoms with van der Waals surface area (Å²) in [6.07, 6.45) is -0.900. The molecule has 0 fully saturated rings. The molecule has 3 aromatic rings. The van der Waals surface area contributed by atoms with Gasteiger partial charge in [0.2, 0.25) is 0 Å². The lowest BCUT2D eigenvalue weighted by Crippen LogP contribution is -2.69. The highest BCUT2D eigenvalue weighted by Gasteiger charge is 2.42. The molecular formula is C21H22O3Si. The summed E-state index contributed by atoms with van der Waals surface area (Å²) in [7, 11) is -2.77. The monoisotopic (exact) mass is 350 g/mol. The molecule has 3 aromatic carbocycles. The fourth-order valence-electron chi connectivity index (χ4n) is 3.04. The molecule has 0 amide bonds. The minimum Gasteiger partial charge on any atom is -0.401 e. The van der Waals surface area contributed by atoms with Crippen molar-refractivity contribution in [1.82, 2.24) is 0 Å². The van der Waals surface area contributed by atoms with Crippen LogP contribution in [0.4, 0.5) is 0 Å². The van der Waals surface area contributed by atoms with E-state index in [1.54, 1.807) is 0 Å². The molecule has 0 aromatic heterocycles.